The van der Waals surface area contributed by atoms with Crippen LogP contribution in [0.3, 0.4) is 0 Å². The summed E-state index contributed by atoms with van der Waals surface area (Å²) in [5, 5.41) is 0. The van der Waals surface area contributed by atoms with Crippen LogP contribution in [0.4, 0.5) is 0 Å². The average Bonchev–Trinajstić information content (AvgIpc) is 2.60. The van der Waals surface area contributed by atoms with Crippen molar-refractivity contribution < 1.29 is 0 Å². The van der Waals surface area contributed by atoms with Crippen molar-refractivity contribution in [2.75, 3.05) is 0 Å². The van der Waals surface area contributed by atoms with Gasteiger partial charge in [-0.2, -0.15) is 0 Å². The smallest absolute Gasteiger partial charge is 0.0520 e. The highest BCUT2D eigenvalue weighted by Crippen LogP contribution is 1.83. The van der Waals surface area contributed by atoms with Gasteiger partial charge >= 0.3 is 0 Å². The quantitative estimate of drug-likeness (QED) is 0.273. The molecule has 0 atom stereocenters. The van der Waals surface area contributed by atoms with Crippen LogP contribution in [0, 0.1) is 0 Å². The molecule has 0 rings (SSSR count). The van der Waals surface area contributed by atoms with Gasteiger partial charge in [0.1, 0.15) is 0 Å². The van der Waals surface area contributed by atoms with Gasteiger partial charge < -0.3 is 57.3 Å². The number of rotatable bonds is 2. The Morgan fingerprint density at radius 2 is 0.567 bits per heavy atom. The summed E-state index contributed by atoms with van der Waals surface area (Å²) in [5.74, 6) is 0. The zero-order valence-corrected chi connectivity index (χ0v) is 19.0. The van der Waals surface area contributed by atoms with Crippen molar-refractivity contribution in [2.24, 2.45) is 57.3 Å². The second kappa shape index (κ2) is 174. The van der Waals surface area contributed by atoms with Gasteiger partial charge in [-0.25, -0.2) is 0 Å². The first-order valence-electron chi connectivity index (χ1n) is 8.21. The Kier molecular flexibility index (Phi) is 326. The Morgan fingerprint density at radius 1 is 0.467 bits per heavy atom. The van der Waals surface area contributed by atoms with Crippen molar-refractivity contribution in [3.8, 4) is 0 Å². The summed E-state index contributed by atoms with van der Waals surface area (Å²) in [6.07, 6.45) is 11.9. The number of hydrogen-bond acceptors (Lipinski definition) is 10. The van der Waals surface area contributed by atoms with Gasteiger partial charge in [0, 0.05) is 0 Å². The van der Waals surface area contributed by atoms with E-state index >= 15 is 0 Å². The lowest BCUT2D eigenvalue weighted by Gasteiger charge is -1.97. The van der Waals surface area contributed by atoms with Crippen LogP contribution in [0.2, 0.25) is 0 Å². The zero-order valence-electron chi connectivity index (χ0n) is 19.0. The fourth-order valence-corrected chi connectivity index (χ4v) is 0.333. The fraction of sp³-hybridized carbons (Fsp3) is 0.200. The standard InChI is InChI=1S/C4H12N2.8C2H5N/c1-2-3-4(5)6;8*1-2-3/h4H,2-3,5-6H2,1H3;8*2H,1,3H2. The Hall–Kier alpha value is -3.76. The molecule has 0 aliphatic carbocycles. The van der Waals surface area contributed by atoms with Gasteiger partial charge in [-0.3, -0.25) is 0 Å². The van der Waals surface area contributed by atoms with Crippen molar-refractivity contribution in [1.29, 1.82) is 0 Å². The molecule has 0 bridgehead atoms. The van der Waals surface area contributed by atoms with Gasteiger partial charge in [-0.15, -0.1) is 0 Å². The highest BCUT2D eigenvalue weighted by atomic mass is 14.8. The van der Waals surface area contributed by atoms with E-state index < -0.39 is 0 Å². The Balaban J connectivity index is -0.0000000240. The third-order valence-corrected chi connectivity index (χ3v) is 0.622. The van der Waals surface area contributed by atoms with Crippen molar-refractivity contribution in [3.05, 3.63) is 102 Å². The maximum atomic E-state index is 5.18. The normalized spacial score (nSPS) is 5.20. The predicted molar refractivity (Wildman–Crippen MR) is 142 cm³/mol. The van der Waals surface area contributed by atoms with Crippen LogP contribution in [-0.4, -0.2) is 6.17 Å². The van der Waals surface area contributed by atoms with Gasteiger partial charge in [-0.05, 0) is 56.0 Å². The molecule has 182 valence electrons. The van der Waals surface area contributed by atoms with Crippen molar-refractivity contribution >= 4 is 0 Å². The van der Waals surface area contributed by atoms with E-state index in [0.717, 1.165) is 12.8 Å². The highest BCUT2D eigenvalue weighted by molar-refractivity contribution is 4.50. The molecule has 10 heteroatoms. The summed E-state index contributed by atoms with van der Waals surface area (Å²) in [4.78, 5) is 0. The monoisotopic (exact) mass is 432 g/mol. The Bertz CT molecular complexity index is 219. The lowest BCUT2D eigenvalue weighted by molar-refractivity contribution is 0.627. The van der Waals surface area contributed by atoms with Crippen LogP contribution in [-0.2, 0) is 0 Å². The number of hydrogen-bond donors (Lipinski definition) is 10. The van der Waals surface area contributed by atoms with E-state index in [9.17, 15) is 0 Å². The van der Waals surface area contributed by atoms with Crippen LogP contribution >= 0.6 is 0 Å². The first-order valence-corrected chi connectivity index (χ1v) is 8.21. The molecule has 0 unspecified atom stereocenters. The van der Waals surface area contributed by atoms with Crippen LogP contribution < -0.4 is 57.3 Å². The molecule has 0 saturated carbocycles. The fourth-order valence-electron chi connectivity index (χ4n) is 0.333. The van der Waals surface area contributed by atoms with Crippen LogP contribution in [0.25, 0.3) is 0 Å². The topological polar surface area (TPSA) is 260 Å². The van der Waals surface area contributed by atoms with Crippen LogP contribution in [0.5, 0.6) is 0 Å². The minimum Gasteiger partial charge on any atom is -0.405 e. The summed E-state index contributed by atoms with van der Waals surface area (Å²) in [6.45, 7) is 27.2. The van der Waals surface area contributed by atoms with E-state index in [1.165, 1.54) is 49.6 Å². The molecular formula is C20H52N10. The summed E-state index contributed by atoms with van der Waals surface area (Å²) < 4.78 is 0. The molecule has 30 heavy (non-hydrogen) atoms. The van der Waals surface area contributed by atoms with Gasteiger partial charge in [0.05, 0.1) is 6.17 Å². The molecule has 0 amide bonds. The molecule has 0 saturated heterocycles. The molecule has 0 aromatic heterocycles. The second-order valence-electron chi connectivity index (χ2n) is 3.34. The molecule has 0 radical (unpaired) electrons. The van der Waals surface area contributed by atoms with Crippen molar-refractivity contribution in [1.82, 2.24) is 0 Å². The lowest BCUT2D eigenvalue weighted by Crippen LogP contribution is -2.29. The zero-order chi connectivity index (χ0) is 26.6. The molecule has 0 aromatic carbocycles. The maximum Gasteiger partial charge on any atom is 0.0520 e. The molecule has 0 aromatic rings. The highest BCUT2D eigenvalue weighted by Gasteiger charge is 1.85. The van der Waals surface area contributed by atoms with Crippen LogP contribution in [0.15, 0.2) is 102 Å². The molecule has 0 aliphatic rings. The van der Waals surface area contributed by atoms with E-state index in [2.05, 4.69) is 105 Å². The van der Waals surface area contributed by atoms with E-state index in [4.69, 9.17) is 11.5 Å². The predicted octanol–water partition coefficient (Wildman–Crippen LogP) is 0.739. The van der Waals surface area contributed by atoms with Crippen molar-refractivity contribution in [2.45, 2.75) is 25.9 Å². The third kappa shape index (κ3) is 22700. The number of nitrogens with two attached hydrogens (primary N) is 10. The van der Waals surface area contributed by atoms with Gasteiger partial charge in [0.15, 0.2) is 0 Å². The largest absolute Gasteiger partial charge is 0.405 e. The minimum atomic E-state index is -0.102. The molecule has 0 heterocycles. The SMILES string of the molecule is C=CN.C=CN.C=CN.C=CN.C=CN.C=CN.C=CN.C=CN.CCCC(N)N. The van der Waals surface area contributed by atoms with Crippen LogP contribution in [0.1, 0.15) is 19.8 Å². The Morgan fingerprint density at radius 3 is 0.567 bits per heavy atom. The van der Waals surface area contributed by atoms with E-state index in [0.29, 0.717) is 0 Å². The molecule has 0 aliphatic heterocycles. The molecule has 0 fully saturated rings. The summed E-state index contributed by atoms with van der Waals surface area (Å²) >= 11 is 0. The molecule has 20 N–H and O–H groups in total. The summed E-state index contributed by atoms with van der Waals surface area (Å²) in [6, 6.07) is 0. The maximum absolute atomic E-state index is 5.18. The van der Waals surface area contributed by atoms with Gasteiger partial charge in [0.2, 0.25) is 0 Å². The van der Waals surface area contributed by atoms with Gasteiger partial charge in [-0.1, -0.05) is 66.0 Å². The van der Waals surface area contributed by atoms with E-state index in [1.54, 1.807) is 0 Å². The molecule has 0 spiro atoms. The molecular weight excluding hydrogens is 380 g/mol. The summed E-state index contributed by atoms with van der Waals surface area (Å²) in [5.41, 5.74) is 47.3. The second-order valence-corrected chi connectivity index (χ2v) is 3.34. The van der Waals surface area contributed by atoms with E-state index in [-0.39, 0.29) is 6.17 Å². The minimum absolute atomic E-state index is 0.102. The Labute approximate surface area is 186 Å². The molecule has 10 nitrogen and oxygen atoms in total. The van der Waals surface area contributed by atoms with E-state index in [1.807, 2.05) is 0 Å². The first kappa shape index (κ1) is 56.2. The van der Waals surface area contributed by atoms with Gasteiger partial charge in [0.25, 0.3) is 0 Å². The van der Waals surface area contributed by atoms with Crippen molar-refractivity contribution in [3.63, 3.8) is 0 Å². The third-order valence-electron chi connectivity index (χ3n) is 0.622. The average molecular weight is 433 g/mol. The first-order chi connectivity index (χ1) is 14.1. The summed E-state index contributed by atoms with van der Waals surface area (Å²) in [7, 11) is 0. The lowest BCUT2D eigenvalue weighted by atomic mass is 10.3.